The minimum absolute atomic E-state index is 0.0880. The summed E-state index contributed by atoms with van der Waals surface area (Å²) in [4.78, 5) is 66.3. The van der Waals surface area contributed by atoms with Crippen LogP contribution < -0.4 is 25.2 Å². The third kappa shape index (κ3) is 9.02. The normalized spacial score (nSPS) is 18.4. The molecule has 7 heterocycles. The highest BCUT2D eigenvalue weighted by Crippen LogP contribution is 2.54. The van der Waals surface area contributed by atoms with Crippen molar-refractivity contribution in [3.63, 3.8) is 0 Å². The van der Waals surface area contributed by atoms with E-state index in [2.05, 4.69) is 97.6 Å². The van der Waals surface area contributed by atoms with Gasteiger partial charge in [-0.05, 0) is 115 Å². The Hall–Kier alpha value is -4.33. The fraction of sp³-hybridized carbons (Fsp3) is 0.314. The fourth-order valence-corrected chi connectivity index (χ4v) is 17.3. The predicted molar refractivity (Wildman–Crippen MR) is 292 cm³/mol. The van der Waals surface area contributed by atoms with E-state index in [0.29, 0.717) is 52.7 Å². The summed E-state index contributed by atoms with van der Waals surface area (Å²) in [5, 5.41) is 10.9. The van der Waals surface area contributed by atoms with Crippen LogP contribution in [0.2, 0.25) is 0 Å². The molecule has 17 heteroatoms. The molecule has 9 nitrogen and oxygen atoms in total. The summed E-state index contributed by atoms with van der Waals surface area (Å²) in [7, 11) is 0. The molecule has 0 radical (unpaired) electrons. The first-order chi connectivity index (χ1) is 33.0. The highest BCUT2D eigenvalue weighted by Gasteiger charge is 2.42. The number of fused-ring (bicyclic) bond motifs is 3. The molecule has 350 valence electrons. The van der Waals surface area contributed by atoms with E-state index >= 15 is 0 Å². The molecule has 7 aromatic rings. The maximum absolute atomic E-state index is 14.4. The first-order valence-electron chi connectivity index (χ1n) is 23.0. The Morgan fingerprint density at radius 3 is 2.19 bits per heavy atom. The van der Waals surface area contributed by atoms with Crippen molar-refractivity contribution in [1.82, 2.24) is 14.0 Å². The number of aliphatic carboxylic acids is 1. The SMILES string of the molecule is CCCCCn1c(=O)/c(=c2\s/c(=C\c3ccc4c(c3)C3CCCC3N4c3ccc(-c4ccc(-c5ccc(-c6ccc(SCC)cc6)s5)s4)s3)c(=O)n2CCC(=O)O)s/c1=C1/SC(=S)N(CC)C1=O. The predicted octanol–water partition coefficient (Wildman–Crippen LogP) is 12.0. The average molecular weight is 1050 g/mol. The van der Waals surface area contributed by atoms with Gasteiger partial charge in [-0.3, -0.25) is 33.2 Å². The van der Waals surface area contributed by atoms with Gasteiger partial charge in [0, 0.05) is 66.6 Å². The van der Waals surface area contributed by atoms with Gasteiger partial charge in [0.2, 0.25) is 0 Å². The average Bonchev–Trinajstić information content (AvgIpc) is 4.20. The summed E-state index contributed by atoms with van der Waals surface area (Å²) in [5.74, 6) is 0.158. The fourth-order valence-electron chi connectivity index (χ4n) is 9.44. The van der Waals surface area contributed by atoms with Crippen LogP contribution in [0.3, 0.4) is 0 Å². The van der Waals surface area contributed by atoms with E-state index in [1.54, 1.807) is 4.57 Å². The first kappa shape index (κ1) is 47.4. The number of benzene rings is 2. The number of hydrogen-bond donors (Lipinski definition) is 1. The Kier molecular flexibility index (Phi) is 14.1. The maximum Gasteiger partial charge on any atom is 0.305 e. The number of aromatic nitrogens is 2. The van der Waals surface area contributed by atoms with Gasteiger partial charge in [-0.25, -0.2) is 0 Å². The molecule has 1 N–H and O–H groups in total. The number of unbranched alkanes of at least 4 members (excludes halogenated alkanes) is 2. The van der Waals surface area contributed by atoms with Crippen LogP contribution in [0.5, 0.6) is 0 Å². The lowest BCUT2D eigenvalue weighted by Crippen LogP contribution is -2.31. The first-order valence-corrected chi connectivity index (χ1v) is 29.3. The summed E-state index contributed by atoms with van der Waals surface area (Å²) in [6, 6.07) is 29.2. The smallest absolute Gasteiger partial charge is 0.305 e. The van der Waals surface area contributed by atoms with Crippen molar-refractivity contribution in [2.75, 3.05) is 17.2 Å². The zero-order valence-electron chi connectivity index (χ0n) is 37.7. The molecule has 5 aromatic heterocycles. The summed E-state index contributed by atoms with van der Waals surface area (Å²) >= 11 is 16.5. The number of amides is 1. The molecule has 2 aromatic carbocycles. The number of thioether (sulfide) groups is 2. The zero-order valence-corrected chi connectivity index (χ0v) is 44.2. The third-order valence-corrected chi connectivity index (χ3v) is 21.3. The number of carboxylic acid groups (broad SMARTS) is 1. The molecular formula is C51H48N4O5S8. The number of hydrogen-bond acceptors (Lipinski definition) is 13. The summed E-state index contributed by atoms with van der Waals surface area (Å²) < 4.78 is 5.20. The zero-order chi connectivity index (χ0) is 47.2. The Bertz CT molecular complexity index is 3440. The molecule has 1 aliphatic carbocycles. The van der Waals surface area contributed by atoms with Crippen molar-refractivity contribution in [2.45, 2.75) is 95.7 Å². The Morgan fingerprint density at radius 1 is 0.779 bits per heavy atom. The molecule has 0 spiro atoms. The molecule has 2 atom stereocenters. The minimum atomic E-state index is -1.04. The van der Waals surface area contributed by atoms with Crippen molar-refractivity contribution in [3.05, 3.63) is 129 Å². The molecule has 1 saturated carbocycles. The largest absolute Gasteiger partial charge is 0.481 e. The number of nitrogens with zero attached hydrogens (tertiary/aromatic N) is 4. The van der Waals surface area contributed by atoms with Crippen LogP contribution >= 0.6 is 92.4 Å². The van der Waals surface area contributed by atoms with Crippen molar-refractivity contribution in [3.8, 4) is 29.9 Å². The molecule has 10 rings (SSSR count). The van der Waals surface area contributed by atoms with E-state index in [9.17, 15) is 24.3 Å². The number of carbonyl (C=O) groups excluding carboxylic acids is 1. The van der Waals surface area contributed by atoms with Crippen LogP contribution in [-0.4, -0.2) is 53.7 Å². The van der Waals surface area contributed by atoms with E-state index in [4.69, 9.17) is 12.2 Å². The van der Waals surface area contributed by atoms with Gasteiger partial charge in [0.05, 0.1) is 16.0 Å². The number of thiophene rings is 3. The number of carboxylic acids is 1. The summed E-state index contributed by atoms with van der Waals surface area (Å²) in [6.07, 6.45) is 7.54. The van der Waals surface area contributed by atoms with Gasteiger partial charge in [0.1, 0.15) is 23.1 Å². The second kappa shape index (κ2) is 20.2. The van der Waals surface area contributed by atoms with Crippen LogP contribution in [0, 0.1) is 9.20 Å². The lowest BCUT2D eigenvalue weighted by Gasteiger charge is -2.25. The Balaban J connectivity index is 0.986. The number of anilines is 2. The van der Waals surface area contributed by atoms with Gasteiger partial charge < -0.3 is 10.0 Å². The molecule has 0 bridgehead atoms. The topological polar surface area (TPSA) is 105 Å². The van der Waals surface area contributed by atoms with Crippen LogP contribution in [0.4, 0.5) is 10.7 Å². The highest BCUT2D eigenvalue weighted by molar-refractivity contribution is 8.30. The summed E-state index contributed by atoms with van der Waals surface area (Å²) in [6.45, 7) is 6.89. The molecule has 1 saturated heterocycles. The van der Waals surface area contributed by atoms with Crippen LogP contribution in [0.15, 0.2) is 93.3 Å². The molecule has 2 aliphatic heterocycles. The second-order valence-corrected chi connectivity index (χ2v) is 25.1. The van der Waals surface area contributed by atoms with Gasteiger partial charge in [-0.1, -0.05) is 75.3 Å². The number of thiazole rings is 2. The van der Waals surface area contributed by atoms with Crippen LogP contribution in [-0.2, 0) is 22.7 Å². The number of rotatable bonds is 15. The molecule has 68 heavy (non-hydrogen) atoms. The number of thiocarbonyl (C=S) groups is 1. The maximum atomic E-state index is 14.4. The lowest BCUT2D eigenvalue weighted by molar-refractivity contribution is -0.137. The monoisotopic (exact) mass is 1050 g/mol. The molecular weight excluding hydrogens is 1010 g/mol. The van der Waals surface area contributed by atoms with Gasteiger partial charge in [-0.15, -0.1) is 68.4 Å². The summed E-state index contributed by atoms with van der Waals surface area (Å²) in [5.41, 5.74) is 3.98. The standard InChI is InChI=1S/C51H48N4O5S8/c1-4-7-8-25-53-48(60)44(67-50(53)45-47(59)52(5-2)51(61)68-45)49-54(26-24-43(56)57)46(58)41(66-49)28-29-12-17-35-33(27-29)32-10-9-11-34(32)55(35)42-23-22-40(65-42)39-21-20-38(64-39)37-19-18-36(63-37)30-13-15-31(16-14-30)62-6-3/h12-23,27-28,32,34H,4-11,24-26H2,1-3H3,(H,56,57)/b41-28-,49-44+,50-45+. The Morgan fingerprint density at radius 2 is 1.49 bits per heavy atom. The highest BCUT2D eigenvalue weighted by atomic mass is 32.2. The minimum Gasteiger partial charge on any atom is -0.481 e. The molecule has 2 unspecified atom stereocenters. The third-order valence-electron chi connectivity index (χ3n) is 12.7. The van der Waals surface area contributed by atoms with Crippen LogP contribution in [0.25, 0.3) is 40.9 Å². The van der Waals surface area contributed by atoms with E-state index in [1.807, 2.05) is 58.8 Å². The van der Waals surface area contributed by atoms with Gasteiger partial charge in [0.15, 0.2) is 0 Å². The lowest BCUT2D eigenvalue weighted by atomic mass is 9.96. The van der Waals surface area contributed by atoms with Gasteiger partial charge in [0.25, 0.3) is 17.0 Å². The molecule has 1 amide bonds. The second-order valence-electron chi connectivity index (χ2n) is 16.9. The van der Waals surface area contributed by atoms with Crippen molar-refractivity contribution in [1.29, 1.82) is 0 Å². The van der Waals surface area contributed by atoms with Crippen molar-refractivity contribution >= 4 is 130 Å². The van der Waals surface area contributed by atoms with E-state index in [1.165, 1.54) is 95.0 Å². The van der Waals surface area contributed by atoms with E-state index < -0.39 is 5.97 Å². The van der Waals surface area contributed by atoms with E-state index in [0.717, 1.165) is 49.8 Å². The van der Waals surface area contributed by atoms with E-state index in [-0.39, 0.29) is 30.0 Å². The molecule has 3 aliphatic rings. The van der Waals surface area contributed by atoms with Gasteiger partial charge in [-0.2, -0.15) is 0 Å². The Labute approximate surface area is 427 Å². The quantitative estimate of drug-likeness (QED) is 0.0611. The van der Waals surface area contributed by atoms with Gasteiger partial charge >= 0.3 is 5.97 Å². The molecule has 2 fully saturated rings. The van der Waals surface area contributed by atoms with Crippen molar-refractivity contribution < 1.29 is 14.7 Å². The van der Waals surface area contributed by atoms with Crippen LogP contribution in [0.1, 0.15) is 82.8 Å². The number of carbonyl (C=O) groups is 2. The van der Waals surface area contributed by atoms with Crippen molar-refractivity contribution in [2.24, 2.45) is 0 Å².